The fourth-order valence-electron chi connectivity index (χ4n) is 7.31. The highest BCUT2D eigenvalue weighted by atomic mass is 35.5. The Kier molecular flexibility index (Phi) is 13.5. The monoisotopic (exact) mass is 810 g/mol. The molecule has 0 spiro atoms. The van der Waals surface area contributed by atoms with Gasteiger partial charge in [-0.3, -0.25) is 9.59 Å². The molecule has 0 bridgehead atoms. The first-order valence-electron chi connectivity index (χ1n) is 18.2. The summed E-state index contributed by atoms with van der Waals surface area (Å²) < 4.78 is 23.9. The van der Waals surface area contributed by atoms with E-state index in [0.717, 1.165) is 47.9 Å². The number of carboxylic acids is 2. The zero-order chi connectivity index (χ0) is 39.9. The molecule has 2 aromatic heterocycles. The highest BCUT2D eigenvalue weighted by Crippen LogP contribution is 2.46. The van der Waals surface area contributed by atoms with Gasteiger partial charge in [-0.1, -0.05) is 59.6 Å². The molecule has 0 aliphatic heterocycles. The van der Waals surface area contributed by atoms with Gasteiger partial charge in [0.2, 0.25) is 23.5 Å². The van der Waals surface area contributed by atoms with E-state index in [9.17, 15) is 19.8 Å². The van der Waals surface area contributed by atoms with E-state index in [1.54, 1.807) is 12.1 Å². The third-order valence-electron chi connectivity index (χ3n) is 9.79. The third-order valence-corrected chi connectivity index (χ3v) is 10.3. The topological polar surface area (TPSA) is 202 Å². The Morgan fingerprint density at radius 3 is 1.50 bits per heavy atom. The van der Waals surface area contributed by atoms with Gasteiger partial charge in [0.1, 0.15) is 22.3 Å². The molecular formula is C40H44Cl2N4O10. The molecule has 6 rings (SSSR count). The Morgan fingerprint density at radius 1 is 0.714 bits per heavy atom. The molecule has 2 heterocycles. The smallest absolute Gasteiger partial charge is 0.306 e. The number of carbonyl (C=O) groups is 2. The number of nitrogens with zero attached hydrogens (tertiary/aromatic N) is 2. The van der Waals surface area contributed by atoms with Crippen LogP contribution in [0.2, 0.25) is 10.0 Å². The van der Waals surface area contributed by atoms with Crippen LogP contribution in [0.3, 0.4) is 0 Å². The summed E-state index contributed by atoms with van der Waals surface area (Å²) in [6, 6.07) is 15.8. The van der Waals surface area contributed by atoms with Gasteiger partial charge in [-0.15, -0.1) is 0 Å². The molecule has 0 radical (unpaired) electrons. The average molecular weight is 812 g/mol. The van der Waals surface area contributed by atoms with E-state index in [2.05, 4.69) is 44.9 Å². The van der Waals surface area contributed by atoms with Gasteiger partial charge in [0.25, 0.3) is 0 Å². The number of aliphatic hydroxyl groups excluding tert-OH is 2. The molecule has 2 aromatic carbocycles. The van der Waals surface area contributed by atoms with Crippen LogP contribution in [0.25, 0.3) is 11.1 Å². The van der Waals surface area contributed by atoms with Gasteiger partial charge in [-0.2, -0.15) is 9.97 Å². The van der Waals surface area contributed by atoms with E-state index in [1.807, 2.05) is 12.1 Å². The van der Waals surface area contributed by atoms with Crippen molar-refractivity contribution >= 4 is 35.1 Å². The lowest BCUT2D eigenvalue weighted by Crippen LogP contribution is -2.28. The van der Waals surface area contributed by atoms with E-state index in [-0.39, 0.29) is 63.0 Å². The Labute approximate surface area is 333 Å². The number of ether oxygens (including phenoxy) is 4. The minimum Gasteiger partial charge on any atom is -0.481 e. The molecule has 4 aromatic rings. The number of benzene rings is 2. The van der Waals surface area contributed by atoms with Crippen molar-refractivity contribution in [2.24, 2.45) is 0 Å². The molecule has 0 saturated carbocycles. The lowest BCUT2D eigenvalue weighted by Gasteiger charge is -2.19. The molecule has 2 unspecified atom stereocenters. The first-order valence-corrected chi connectivity index (χ1v) is 19.0. The minimum atomic E-state index is -1.08. The number of fused-ring (bicyclic) bond motifs is 2. The summed E-state index contributed by atoms with van der Waals surface area (Å²) >= 11 is 13.3. The van der Waals surface area contributed by atoms with Crippen LogP contribution in [-0.2, 0) is 35.5 Å². The van der Waals surface area contributed by atoms with Crippen molar-refractivity contribution < 1.29 is 49.0 Å². The maximum Gasteiger partial charge on any atom is 0.306 e. The number of rotatable bonds is 19. The second-order valence-corrected chi connectivity index (χ2v) is 14.5. The van der Waals surface area contributed by atoms with Crippen LogP contribution in [-0.4, -0.2) is 81.8 Å². The third kappa shape index (κ3) is 9.63. The first kappa shape index (κ1) is 40.9. The number of hydrogen-bond acceptors (Lipinski definition) is 12. The first-order chi connectivity index (χ1) is 26.9. The summed E-state index contributed by atoms with van der Waals surface area (Å²) in [5.41, 5.74) is 7.99. The minimum absolute atomic E-state index is 0.0754. The lowest BCUT2D eigenvalue weighted by atomic mass is 9.91. The molecular weight excluding hydrogens is 767 g/mol. The average Bonchev–Trinajstić information content (AvgIpc) is 3.77. The maximum absolute atomic E-state index is 10.9. The Bertz CT molecular complexity index is 1920. The standard InChI is InChI=1S/C40H44Cl2N4O10/c1-53-37-21(17-43-19-23(47)15-35(49)50)13-31(41)39(45-37)55-33-11-9-27-25(5-3-7-29(27)33)26-6-4-8-30-28(26)10-12-34(30)56-40-32(42)14-22(38(46-40)54-2)18-44-20-24(48)16-36(51)52/h3-8,13-14,23-24,33-34,43-44,47-48H,9-12,15-20H2,1-2H3,(H,49,50)(H,51,52)/t23?,24?,33-,34-/m0/s1. The molecule has 0 fully saturated rings. The van der Waals surface area contributed by atoms with Crippen LogP contribution in [0.4, 0.5) is 0 Å². The number of aliphatic hydroxyl groups is 2. The van der Waals surface area contributed by atoms with Crippen LogP contribution < -0.4 is 29.6 Å². The highest BCUT2D eigenvalue weighted by Gasteiger charge is 2.32. The van der Waals surface area contributed by atoms with E-state index >= 15 is 0 Å². The second kappa shape index (κ2) is 18.5. The van der Waals surface area contributed by atoms with E-state index in [0.29, 0.717) is 32.9 Å². The predicted octanol–water partition coefficient (Wildman–Crippen LogP) is 5.45. The van der Waals surface area contributed by atoms with Crippen LogP contribution in [0, 0.1) is 0 Å². The summed E-state index contributed by atoms with van der Waals surface area (Å²) in [7, 11) is 2.99. The van der Waals surface area contributed by atoms with Crippen molar-refractivity contribution in [1.29, 1.82) is 0 Å². The molecule has 0 saturated heterocycles. The largest absolute Gasteiger partial charge is 0.481 e. The Morgan fingerprint density at radius 2 is 1.12 bits per heavy atom. The van der Waals surface area contributed by atoms with E-state index in [4.69, 9.17) is 52.4 Å². The van der Waals surface area contributed by atoms with Crippen molar-refractivity contribution in [2.75, 3.05) is 27.3 Å². The molecule has 56 heavy (non-hydrogen) atoms. The number of aliphatic carboxylic acids is 2. The molecule has 298 valence electrons. The van der Waals surface area contributed by atoms with Crippen LogP contribution >= 0.6 is 23.2 Å². The molecule has 0 amide bonds. The SMILES string of the molecule is COc1nc(O[C@H]2CCc3c(-c4cccc5c4CC[C@@H]5Oc4nc(OC)c(CNCC(O)CC(=O)O)cc4Cl)cccc32)c(Cl)cc1CNCC(O)CC(=O)O. The zero-order valence-corrected chi connectivity index (χ0v) is 32.4. The van der Waals surface area contributed by atoms with Gasteiger partial charge in [0.15, 0.2) is 0 Å². The number of halogens is 2. The van der Waals surface area contributed by atoms with Crippen LogP contribution in [0.1, 0.15) is 71.3 Å². The summed E-state index contributed by atoms with van der Waals surface area (Å²) in [6.07, 6.45) is -0.375. The normalized spacial score (nSPS) is 16.8. The lowest BCUT2D eigenvalue weighted by molar-refractivity contribution is -0.140. The van der Waals surface area contributed by atoms with Crippen molar-refractivity contribution in [1.82, 2.24) is 20.6 Å². The van der Waals surface area contributed by atoms with E-state index < -0.39 is 24.1 Å². The van der Waals surface area contributed by atoms with Gasteiger partial charge in [-0.25, -0.2) is 0 Å². The Balaban J connectivity index is 1.16. The summed E-state index contributed by atoms with van der Waals surface area (Å²) in [6.45, 7) is 0.656. The fraction of sp³-hybridized carbons (Fsp3) is 0.400. The maximum atomic E-state index is 10.9. The molecule has 2 aliphatic carbocycles. The molecule has 6 N–H and O–H groups in total. The van der Waals surface area contributed by atoms with Crippen molar-refractivity contribution in [3.8, 4) is 34.6 Å². The van der Waals surface area contributed by atoms with Crippen molar-refractivity contribution in [3.63, 3.8) is 0 Å². The van der Waals surface area contributed by atoms with Gasteiger partial charge in [-0.05, 0) is 71.2 Å². The summed E-state index contributed by atoms with van der Waals surface area (Å²) in [5, 5.41) is 44.2. The number of methoxy groups -OCH3 is 2. The number of pyridine rings is 2. The number of hydrogen-bond donors (Lipinski definition) is 6. The van der Waals surface area contributed by atoms with Crippen LogP contribution in [0.15, 0.2) is 48.5 Å². The quantitative estimate of drug-likeness (QED) is 0.0698. The van der Waals surface area contributed by atoms with E-state index in [1.165, 1.54) is 25.3 Å². The van der Waals surface area contributed by atoms with Gasteiger partial charge >= 0.3 is 11.9 Å². The number of nitrogens with one attached hydrogen (secondary N) is 2. The fourth-order valence-corrected chi connectivity index (χ4v) is 7.74. The summed E-state index contributed by atoms with van der Waals surface area (Å²) in [4.78, 5) is 30.8. The van der Waals surface area contributed by atoms with Crippen molar-refractivity contribution in [2.45, 2.75) is 76.0 Å². The van der Waals surface area contributed by atoms with Gasteiger partial charge < -0.3 is 50.0 Å². The molecule has 4 atom stereocenters. The molecule has 14 nitrogen and oxygen atoms in total. The van der Waals surface area contributed by atoms with Crippen LogP contribution in [0.5, 0.6) is 23.5 Å². The number of aromatic nitrogens is 2. The van der Waals surface area contributed by atoms with Gasteiger partial charge in [0.05, 0.1) is 39.3 Å². The number of carboxylic acid groups (broad SMARTS) is 2. The Hall–Kier alpha value is -4.70. The molecule has 2 aliphatic rings. The highest BCUT2D eigenvalue weighted by molar-refractivity contribution is 6.32. The van der Waals surface area contributed by atoms with Crippen molar-refractivity contribution in [3.05, 3.63) is 92.0 Å². The predicted molar refractivity (Wildman–Crippen MR) is 207 cm³/mol. The summed E-state index contributed by atoms with van der Waals surface area (Å²) in [5.74, 6) is -1.07. The van der Waals surface area contributed by atoms with Gasteiger partial charge in [0, 0.05) is 37.3 Å². The molecule has 16 heteroatoms. The zero-order valence-electron chi connectivity index (χ0n) is 30.9. The second-order valence-electron chi connectivity index (χ2n) is 13.7.